The molecule has 0 aliphatic carbocycles. The van der Waals surface area contributed by atoms with Crippen molar-refractivity contribution in [2.75, 3.05) is 0 Å². The average molecular weight is 395 g/mol. The van der Waals surface area contributed by atoms with Gasteiger partial charge in [-0.2, -0.15) is 0 Å². The molecule has 0 spiro atoms. The van der Waals surface area contributed by atoms with Crippen molar-refractivity contribution in [2.24, 2.45) is 0 Å². The van der Waals surface area contributed by atoms with Crippen molar-refractivity contribution in [2.45, 2.75) is 78.9 Å². The highest BCUT2D eigenvalue weighted by Crippen LogP contribution is 2.06. The quantitative estimate of drug-likeness (QED) is 0.532. The Hall–Kier alpha value is -2.57. The Labute approximate surface area is 168 Å². The van der Waals surface area contributed by atoms with Gasteiger partial charge in [-0.3, -0.25) is 15.0 Å². The van der Waals surface area contributed by atoms with Crippen molar-refractivity contribution >= 4 is 18.0 Å². The maximum atomic E-state index is 11.6. The fraction of sp³-hybridized carbons (Fsp3) is 0.571. The van der Waals surface area contributed by atoms with Crippen LogP contribution in [-0.2, 0) is 25.7 Å². The van der Waals surface area contributed by atoms with E-state index in [1.165, 1.54) is 12.8 Å². The van der Waals surface area contributed by atoms with E-state index in [-0.39, 0.29) is 25.4 Å². The third kappa shape index (κ3) is 15.7. The Morgan fingerprint density at radius 3 is 2.07 bits per heavy atom. The predicted molar refractivity (Wildman–Crippen MR) is 108 cm³/mol. The van der Waals surface area contributed by atoms with Gasteiger partial charge in [-0.15, -0.1) is 0 Å². The van der Waals surface area contributed by atoms with Crippen molar-refractivity contribution in [3.63, 3.8) is 0 Å². The fourth-order valence-electron chi connectivity index (χ4n) is 1.69. The molecule has 1 aromatic carbocycles. The lowest BCUT2D eigenvalue weighted by atomic mass is 10.2. The van der Waals surface area contributed by atoms with Crippen LogP contribution in [0.3, 0.4) is 0 Å². The lowest BCUT2D eigenvalue weighted by Crippen LogP contribution is -2.44. The maximum absolute atomic E-state index is 11.6. The summed E-state index contributed by atoms with van der Waals surface area (Å²) >= 11 is 0. The van der Waals surface area contributed by atoms with Gasteiger partial charge >= 0.3 is 12.1 Å². The van der Waals surface area contributed by atoms with Gasteiger partial charge in [0.15, 0.2) is 0 Å². The average Bonchev–Trinajstić information content (AvgIpc) is 2.64. The number of ether oxygens (including phenoxy) is 2. The minimum absolute atomic E-state index is 0.0935. The number of carbonyl (C=O) groups excluding carboxylic acids is 3. The second-order valence-electron chi connectivity index (χ2n) is 7.17. The molecule has 0 radical (unpaired) electrons. The number of hydrogen-bond acceptors (Lipinski definition) is 5. The number of esters is 1. The largest absolute Gasteiger partial charge is 0.461 e. The van der Waals surface area contributed by atoms with Gasteiger partial charge in [-0.25, -0.2) is 10.2 Å². The molecule has 7 nitrogen and oxygen atoms in total. The number of benzene rings is 1. The van der Waals surface area contributed by atoms with Crippen molar-refractivity contribution < 1.29 is 23.9 Å². The molecule has 1 rings (SSSR count). The summed E-state index contributed by atoms with van der Waals surface area (Å²) < 4.78 is 10.1. The van der Waals surface area contributed by atoms with Gasteiger partial charge in [-0.1, -0.05) is 57.0 Å². The molecule has 2 amide bonds. The number of hydrazine groups is 1. The third-order valence-electron chi connectivity index (χ3n) is 3.23. The summed E-state index contributed by atoms with van der Waals surface area (Å²) in [7, 11) is 0. The molecular weight excluding hydrogens is 360 g/mol. The zero-order valence-electron chi connectivity index (χ0n) is 17.7. The monoisotopic (exact) mass is 394 g/mol. The molecule has 0 heterocycles. The fourth-order valence-corrected chi connectivity index (χ4v) is 1.69. The van der Waals surface area contributed by atoms with Crippen LogP contribution in [0.5, 0.6) is 0 Å². The van der Waals surface area contributed by atoms with Crippen molar-refractivity contribution in [3.05, 3.63) is 35.9 Å². The molecule has 7 heteroatoms. The molecule has 0 saturated carbocycles. The first-order valence-electron chi connectivity index (χ1n) is 9.65. The molecule has 0 unspecified atom stereocenters. The highest BCUT2D eigenvalue weighted by molar-refractivity contribution is 5.79. The highest BCUT2D eigenvalue weighted by Gasteiger charge is 2.16. The van der Waals surface area contributed by atoms with Crippen LogP contribution >= 0.6 is 0 Å². The Bertz CT molecular complexity index is 580. The first-order chi connectivity index (χ1) is 13.2. The minimum Gasteiger partial charge on any atom is -0.461 e. The molecule has 0 atom stereocenters. The van der Waals surface area contributed by atoms with E-state index >= 15 is 0 Å². The molecular formula is C21H34N2O5. The van der Waals surface area contributed by atoms with Crippen molar-refractivity contribution in [1.29, 1.82) is 0 Å². The number of nitrogens with one attached hydrogen (secondary N) is 2. The van der Waals surface area contributed by atoms with E-state index in [0.29, 0.717) is 6.42 Å². The highest BCUT2D eigenvalue weighted by atomic mass is 16.6. The van der Waals surface area contributed by atoms with E-state index in [1.54, 1.807) is 20.8 Å². The van der Waals surface area contributed by atoms with Crippen LogP contribution in [0.2, 0.25) is 0 Å². The Morgan fingerprint density at radius 1 is 0.929 bits per heavy atom. The molecule has 0 fully saturated rings. The number of carbonyl (C=O) groups is 3. The van der Waals surface area contributed by atoms with Crippen LogP contribution in [0.4, 0.5) is 4.79 Å². The molecule has 0 bridgehead atoms. The van der Waals surface area contributed by atoms with Crippen LogP contribution in [0.15, 0.2) is 30.3 Å². The van der Waals surface area contributed by atoms with Gasteiger partial charge in [0.05, 0.1) is 0 Å². The zero-order valence-corrected chi connectivity index (χ0v) is 17.7. The van der Waals surface area contributed by atoms with Gasteiger partial charge in [0.25, 0.3) is 0 Å². The third-order valence-corrected chi connectivity index (χ3v) is 3.23. The van der Waals surface area contributed by atoms with Gasteiger partial charge < -0.3 is 9.47 Å². The lowest BCUT2D eigenvalue weighted by molar-refractivity contribution is -0.145. The zero-order chi connectivity index (χ0) is 21.4. The minimum atomic E-state index is -0.738. The van der Waals surface area contributed by atoms with E-state index in [9.17, 15) is 14.4 Å². The molecule has 0 aliphatic heterocycles. The van der Waals surface area contributed by atoms with Crippen molar-refractivity contribution in [3.8, 4) is 0 Å². The van der Waals surface area contributed by atoms with Crippen LogP contribution in [0, 0.1) is 0 Å². The SMILES string of the molecule is CC(C)(C)OC(=O)NNC(=O)CCCC(=O)OCc1ccccc1.CCCC. The van der Waals surface area contributed by atoms with Gasteiger partial charge in [0.2, 0.25) is 5.91 Å². The molecule has 2 N–H and O–H groups in total. The number of rotatable bonds is 7. The normalized spacial score (nSPS) is 10.2. The summed E-state index contributed by atoms with van der Waals surface area (Å²) in [5, 5.41) is 0. The Balaban J connectivity index is 0.00000165. The van der Waals surface area contributed by atoms with Crippen LogP contribution in [0.1, 0.15) is 72.3 Å². The smallest absolute Gasteiger partial charge is 0.426 e. The first kappa shape index (κ1) is 25.4. The second kappa shape index (κ2) is 14.5. The molecule has 0 aromatic heterocycles. The van der Waals surface area contributed by atoms with E-state index < -0.39 is 17.6 Å². The number of unbranched alkanes of at least 4 members (excludes halogenated alkanes) is 1. The number of amides is 2. The summed E-state index contributed by atoms with van der Waals surface area (Å²) in [5.41, 5.74) is 4.63. The summed E-state index contributed by atoms with van der Waals surface area (Å²) in [6.07, 6.45) is 2.45. The van der Waals surface area contributed by atoms with Crippen LogP contribution < -0.4 is 10.9 Å². The Kier molecular flexibility index (Phi) is 13.2. The van der Waals surface area contributed by atoms with Crippen LogP contribution in [-0.4, -0.2) is 23.6 Å². The Morgan fingerprint density at radius 2 is 1.54 bits per heavy atom. The molecule has 28 heavy (non-hydrogen) atoms. The topological polar surface area (TPSA) is 93.7 Å². The molecule has 0 aliphatic rings. The summed E-state index contributed by atoms with van der Waals surface area (Å²) in [4.78, 5) is 34.5. The van der Waals surface area contributed by atoms with Gasteiger partial charge in [0, 0.05) is 12.8 Å². The summed E-state index contributed by atoms with van der Waals surface area (Å²) in [6.45, 7) is 9.73. The van der Waals surface area contributed by atoms with Gasteiger partial charge in [-0.05, 0) is 32.8 Å². The van der Waals surface area contributed by atoms with Gasteiger partial charge in [0.1, 0.15) is 12.2 Å². The summed E-state index contributed by atoms with van der Waals surface area (Å²) in [5.74, 6) is -0.775. The summed E-state index contributed by atoms with van der Waals surface area (Å²) in [6, 6.07) is 9.34. The predicted octanol–water partition coefficient (Wildman–Crippen LogP) is 4.26. The first-order valence-corrected chi connectivity index (χ1v) is 9.65. The van der Waals surface area contributed by atoms with E-state index in [0.717, 1.165) is 5.56 Å². The molecule has 0 saturated heterocycles. The molecule has 1 aromatic rings. The van der Waals surface area contributed by atoms with Crippen molar-refractivity contribution in [1.82, 2.24) is 10.9 Å². The van der Waals surface area contributed by atoms with Crippen LogP contribution in [0.25, 0.3) is 0 Å². The maximum Gasteiger partial charge on any atom is 0.426 e. The van der Waals surface area contributed by atoms with E-state index in [1.807, 2.05) is 30.3 Å². The molecule has 158 valence electrons. The van der Waals surface area contributed by atoms with E-state index in [2.05, 4.69) is 24.7 Å². The standard InChI is InChI=1S/C17H24N2O5.C4H10/c1-17(2,3)24-16(22)19-18-14(20)10-7-11-15(21)23-12-13-8-5-4-6-9-13;1-3-4-2/h4-6,8-9H,7,10-12H2,1-3H3,(H,18,20)(H,19,22);3-4H2,1-2H3. The second-order valence-corrected chi connectivity index (χ2v) is 7.17. The van der Waals surface area contributed by atoms with E-state index in [4.69, 9.17) is 9.47 Å². The lowest BCUT2D eigenvalue weighted by Gasteiger charge is -2.19. The number of hydrogen-bond donors (Lipinski definition) is 2.